The summed E-state index contributed by atoms with van der Waals surface area (Å²) < 4.78 is 6.97. The van der Waals surface area contributed by atoms with Gasteiger partial charge in [0.1, 0.15) is 12.3 Å². The number of hydrogen-bond donors (Lipinski definition) is 3. The number of benzene rings is 1. The maximum Gasteiger partial charge on any atom is 0.330 e. The Bertz CT molecular complexity index is 995. The molecule has 0 aliphatic carbocycles. The Labute approximate surface area is 167 Å². The zero-order valence-corrected chi connectivity index (χ0v) is 16.4. The van der Waals surface area contributed by atoms with E-state index in [0.717, 1.165) is 12.0 Å². The third-order valence-electron chi connectivity index (χ3n) is 4.96. The number of carbonyl (C=O) groups excluding carboxylic acids is 1. The largest absolute Gasteiger partial charge is 0.390 e. The maximum atomic E-state index is 12.3. The van der Waals surface area contributed by atoms with Crippen LogP contribution in [0.4, 0.5) is 0 Å². The van der Waals surface area contributed by atoms with E-state index in [4.69, 9.17) is 4.74 Å². The van der Waals surface area contributed by atoms with Crippen molar-refractivity contribution in [2.24, 2.45) is 0 Å². The van der Waals surface area contributed by atoms with E-state index in [9.17, 15) is 19.5 Å². The zero-order chi connectivity index (χ0) is 21.0. The number of rotatable bonds is 6. The van der Waals surface area contributed by atoms with Crippen LogP contribution in [0.2, 0.25) is 0 Å². The van der Waals surface area contributed by atoms with E-state index < -0.39 is 29.7 Å². The number of aromatic amines is 1. The minimum absolute atomic E-state index is 0.113. The van der Waals surface area contributed by atoms with Crippen LogP contribution < -0.4 is 16.6 Å². The Morgan fingerprint density at radius 2 is 2.10 bits per heavy atom. The molecule has 0 unspecified atom stereocenters. The van der Waals surface area contributed by atoms with Crippen molar-refractivity contribution in [2.75, 3.05) is 0 Å². The van der Waals surface area contributed by atoms with Crippen molar-refractivity contribution in [1.82, 2.24) is 14.9 Å². The standard InChI is InChI=1S/C21H25N3O5/c1-3-15(14-7-5-4-6-8-14)22-18(26)10-9-17-16(25)11-19(29-17)24-12-13(2)20(27)23-21(24)28/h4-10,12,15-17,19,25H,3,11H2,1-2H3,(H,22,26)(H,23,27,28)/b10-9+/t15-,16-,17+,19+/m0/s1. The van der Waals surface area contributed by atoms with Crippen LogP contribution in [0.5, 0.6) is 0 Å². The summed E-state index contributed by atoms with van der Waals surface area (Å²) in [6.45, 7) is 3.57. The van der Waals surface area contributed by atoms with Crippen molar-refractivity contribution in [2.45, 2.75) is 51.2 Å². The molecule has 8 nitrogen and oxygen atoms in total. The minimum Gasteiger partial charge on any atom is -0.390 e. The average molecular weight is 399 g/mol. The highest BCUT2D eigenvalue weighted by atomic mass is 16.5. The summed E-state index contributed by atoms with van der Waals surface area (Å²) in [5.74, 6) is -0.294. The average Bonchev–Trinajstić information content (AvgIpc) is 3.08. The molecule has 3 rings (SSSR count). The third kappa shape index (κ3) is 4.90. The summed E-state index contributed by atoms with van der Waals surface area (Å²) in [5.41, 5.74) is 0.324. The van der Waals surface area contributed by atoms with Gasteiger partial charge in [0.15, 0.2) is 0 Å². The van der Waals surface area contributed by atoms with Crippen molar-refractivity contribution >= 4 is 5.91 Å². The molecular formula is C21H25N3O5. The van der Waals surface area contributed by atoms with Gasteiger partial charge in [-0.05, 0) is 25.0 Å². The summed E-state index contributed by atoms with van der Waals surface area (Å²) in [7, 11) is 0. The highest BCUT2D eigenvalue weighted by Crippen LogP contribution is 2.28. The second-order valence-electron chi connectivity index (χ2n) is 7.08. The smallest absolute Gasteiger partial charge is 0.330 e. The molecule has 1 fully saturated rings. The van der Waals surface area contributed by atoms with Crippen LogP contribution in [-0.4, -0.2) is 32.8 Å². The maximum absolute atomic E-state index is 12.3. The predicted octanol–water partition coefficient (Wildman–Crippen LogP) is 1.32. The highest BCUT2D eigenvalue weighted by Gasteiger charge is 2.34. The van der Waals surface area contributed by atoms with Gasteiger partial charge in [-0.3, -0.25) is 19.1 Å². The van der Waals surface area contributed by atoms with Gasteiger partial charge in [0.2, 0.25) is 5.91 Å². The summed E-state index contributed by atoms with van der Waals surface area (Å²) in [5, 5.41) is 13.2. The van der Waals surface area contributed by atoms with Gasteiger partial charge in [-0.1, -0.05) is 37.3 Å². The molecule has 1 amide bonds. The Morgan fingerprint density at radius 3 is 2.79 bits per heavy atom. The lowest BCUT2D eigenvalue weighted by molar-refractivity contribution is -0.117. The molecule has 1 aliphatic heterocycles. The fraction of sp³-hybridized carbons (Fsp3) is 0.381. The lowest BCUT2D eigenvalue weighted by Gasteiger charge is -2.16. The van der Waals surface area contributed by atoms with E-state index in [-0.39, 0.29) is 18.4 Å². The van der Waals surface area contributed by atoms with Crippen LogP contribution in [0.1, 0.15) is 43.2 Å². The molecule has 4 atom stereocenters. The van der Waals surface area contributed by atoms with Crippen LogP contribution in [0, 0.1) is 6.92 Å². The number of carbonyl (C=O) groups is 1. The molecule has 1 aliphatic rings. The molecule has 1 aromatic carbocycles. The van der Waals surface area contributed by atoms with Crippen molar-refractivity contribution in [3.8, 4) is 0 Å². The van der Waals surface area contributed by atoms with Crippen LogP contribution in [0.25, 0.3) is 0 Å². The number of nitrogens with zero attached hydrogens (tertiary/aromatic N) is 1. The van der Waals surface area contributed by atoms with Gasteiger partial charge in [-0.25, -0.2) is 4.79 Å². The molecule has 0 bridgehead atoms. The van der Waals surface area contributed by atoms with Gasteiger partial charge in [-0.15, -0.1) is 0 Å². The molecule has 3 N–H and O–H groups in total. The molecule has 29 heavy (non-hydrogen) atoms. The number of aliphatic hydroxyl groups is 1. The molecular weight excluding hydrogens is 374 g/mol. The van der Waals surface area contributed by atoms with E-state index in [1.165, 1.54) is 22.9 Å². The molecule has 2 aromatic rings. The molecule has 0 spiro atoms. The number of amides is 1. The van der Waals surface area contributed by atoms with Gasteiger partial charge in [0.05, 0.1) is 12.1 Å². The number of H-pyrrole nitrogens is 1. The third-order valence-corrected chi connectivity index (χ3v) is 4.96. The quantitative estimate of drug-likeness (QED) is 0.634. The first-order valence-electron chi connectivity index (χ1n) is 9.58. The van der Waals surface area contributed by atoms with E-state index in [1.54, 1.807) is 6.92 Å². The van der Waals surface area contributed by atoms with Crippen LogP contribution in [0.3, 0.4) is 0 Å². The molecule has 8 heteroatoms. The van der Waals surface area contributed by atoms with E-state index in [2.05, 4.69) is 10.3 Å². The van der Waals surface area contributed by atoms with Gasteiger partial charge in [-0.2, -0.15) is 0 Å². The van der Waals surface area contributed by atoms with Crippen LogP contribution >= 0.6 is 0 Å². The Kier molecular flexibility index (Phi) is 6.46. The van der Waals surface area contributed by atoms with Crippen LogP contribution in [0.15, 0.2) is 58.3 Å². The SMILES string of the molecule is CC[C@H](NC(=O)/C=C/[C@H]1O[C@@H](n2cc(C)c(=O)[nH]c2=O)C[C@@H]1O)c1ccccc1. The fourth-order valence-corrected chi connectivity index (χ4v) is 3.33. The lowest BCUT2D eigenvalue weighted by Crippen LogP contribution is -2.33. The van der Waals surface area contributed by atoms with E-state index in [1.807, 2.05) is 37.3 Å². The van der Waals surface area contributed by atoms with E-state index in [0.29, 0.717) is 5.56 Å². The summed E-state index contributed by atoms with van der Waals surface area (Å²) >= 11 is 0. The monoisotopic (exact) mass is 399 g/mol. The van der Waals surface area contributed by atoms with Crippen LogP contribution in [-0.2, 0) is 9.53 Å². The number of nitrogens with one attached hydrogen (secondary N) is 2. The molecule has 1 saturated heterocycles. The van der Waals surface area contributed by atoms with Crippen molar-refractivity contribution in [3.05, 3.63) is 80.6 Å². The summed E-state index contributed by atoms with van der Waals surface area (Å²) in [6, 6.07) is 9.56. The first-order valence-corrected chi connectivity index (χ1v) is 9.58. The predicted molar refractivity (Wildman–Crippen MR) is 107 cm³/mol. The Morgan fingerprint density at radius 1 is 1.38 bits per heavy atom. The van der Waals surface area contributed by atoms with Crippen molar-refractivity contribution in [1.29, 1.82) is 0 Å². The fourth-order valence-electron chi connectivity index (χ4n) is 3.33. The number of aryl methyl sites for hydroxylation is 1. The molecule has 154 valence electrons. The van der Waals surface area contributed by atoms with Gasteiger partial charge in [0.25, 0.3) is 5.56 Å². The molecule has 2 heterocycles. The first-order chi connectivity index (χ1) is 13.9. The normalized spacial score (nSPS) is 22.7. The minimum atomic E-state index is -0.876. The number of ether oxygens (including phenoxy) is 1. The van der Waals surface area contributed by atoms with Crippen molar-refractivity contribution < 1.29 is 14.6 Å². The number of aromatic nitrogens is 2. The van der Waals surface area contributed by atoms with Crippen molar-refractivity contribution in [3.63, 3.8) is 0 Å². The Hall–Kier alpha value is -2.97. The number of hydrogen-bond acceptors (Lipinski definition) is 5. The first kappa shape index (κ1) is 20.8. The zero-order valence-electron chi connectivity index (χ0n) is 16.4. The van der Waals surface area contributed by atoms with Gasteiger partial charge < -0.3 is 15.2 Å². The molecule has 0 saturated carbocycles. The molecule has 1 aromatic heterocycles. The summed E-state index contributed by atoms with van der Waals surface area (Å²) in [4.78, 5) is 38.0. The van der Waals surface area contributed by atoms with Gasteiger partial charge >= 0.3 is 5.69 Å². The topological polar surface area (TPSA) is 113 Å². The highest BCUT2D eigenvalue weighted by molar-refractivity contribution is 5.87. The summed E-state index contributed by atoms with van der Waals surface area (Å²) in [6.07, 6.45) is 2.80. The van der Waals surface area contributed by atoms with E-state index >= 15 is 0 Å². The lowest BCUT2D eigenvalue weighted by atomic mass is 10.0. The van der Waals surface area contributed by atoms with Gasteiger partial charge in [0, 0.05) is 24.3 Å². The molecule has 0 radical (unpaired) electrons. The second-order valence-corrected chi connectivity index (χ2v) is 7.08. The second kappa shape index (κ2) is 9.02. The number of aliphatic hydroxyl groups excluding tert-OH is 1. The Balaban J connectivity index is 1.65.